The molecule has 2 aromatic carbocycles. The van der Waals surface area contributed by atoms with E-state index in [1.807, 2.05) is 35.2 Å². The van der Waals surface area contributed by atoms with E-state index in [0.717, 1.165) is 61.0 Å². The fraction of sp³-hybridized carbons (Fsp3) is 0.320. The molecule has 2 aromatic rings. The highest BCUT2D eigenvalue weighted by molar-refractivity contribution is 6.09. The predicted octanol–water partition coefficient (Wildman–Crippen LogP) is 4.27. The molecule has 0 radical (unpaired) electrons. The van der Waals surface area contributed by atoms with Gasteiger partial charge in [-0.15, -0.1) is 0 Å². The number of carbonyl (C=O) groups is 3. The fourth-order valence-electron chi connectivity index (χ4n) is 4.34. The van der Waals surface area contributed by atoms with Crippen molar-refractivity contribution in [1.29, 1.82) is 0 Å². The summed E-state index contributed by atoms with van der Waals surface area (Å²) < 4.78 is 0. The second-order valence-corrected chi connectivity index (χ2v) is 8.11. The number of hydrogen-bond acceptors (Lipinski definition) is 3. The molecule has 1 aliphatic carbocycles. The first-order valence-corrected chi connectivity index (χ1v) is 10.9. The Morgan fingerprint density at radius 3 is 2.39 bits per heavy atom. The van der Waals surface area contributed by atoms with Crippen LogP contribution in [0.3, 0.4) is 0 Å². The number of allylic oxidation sites excluding steroid dienone is 1. The van der Waals surface area contributed by atoms with Crippen molar-refractivity contribution in [1.82, 2.24) is 0 Å². The summed E-state index contributed by atoms with van der Waals surface area (Å²) in [5.41, 5.74) is 10.0. The third-order valence-corrected chi connectivity index (χ3v) is 6.00. The van der Waals surface area contributed by atoms with Crippen LogP contribution in [0.1, 0.15) is 60.9 Å². The van der Waals surface area contributed by atoms with Crippen molar-refractivity contribution in [2.24, 2.45) is 5.73 Å². The van der Waals surface area contributed by atoms with Gasteiger partial charge >= 0.3 is 0 Å². The summed E-state index contributed by atoms with van der Waals surface area (Å²) in [4.78, 5) is 38.6. The number of nitrogens with one attached hydrogen (secondary N) is 1. The summed E-state index contributed by atoms with van der Waals surface area (Å²) in [7, 11) is 0. The first-order chi connectivity index (χ1) is 15.0. The zero-order valence-electron chi connectivity index (χ0n) is 17.5. The number of rotatable bonds is 5. The van der Waals surface area contributed by atoms with Crippen LogP contribution >= 0.6 is 0 Å². The monoisotopic (exact) mass is 417 g/mol. The number of carbonyl (C=O) groups excluding carboxylic acids is 3. The van der Waals surface area contributed by atoms with Crippen LogP contribution in [0.25, 0.3) is 5.57 Å². The van der Waals surface area contributed by atoms with Gasteiger partial charge in [-0.2, -0.15) is 0 Å². The first kappa shape index (κ1) is 20.8. The van der Waals surface area contributed by atoms with Crippen LogP contribution in [0.15, 0.2) is 54.1 Å². The summed E-state index contributed by atoms with van der Waals surface area (Å²) in [6, 6.07) is 14.6. The first-order valence-electron chi connectivity index (χ1n) is 10.9. The lowest BCUT2D eigenvalue weighted by molar-refractivity contribution is -0.119. The van der Waals surface area contributed by atoms with Gasteiger partial charge in [-0.3, -0.25) is 14.4 Å². The van der Waals surface area contributed by atoms with Crippen molar-refractivity contribution in [2.45, 2.75) is 44.9 Å². The van der Waals surface area contributed by atoms with Crippen LogP contribution < -0.4 is 16.0 Å². The average molecular weight is 418 g/mol. The number of benzene rings is 2. The maximum atomic E-state index is 13.1. The van der Waals surface area contributed by atoms with E-state index in [2.05, 4.69) is 5.32 Å². The van der Waals surface area contributed by atoms with E-state index in [0.29, 0.717) is 24.1 Å². The van der Waals surface area contributed by atoms with Crippen molar-refractivity contribution in [3.63, 3.8) is 0 Å². The normalized spacial score (nSPS) is 16.9. The average Bonchev–Trinajstić information content (AvgIpc) is 2.80. The summed E-state index contributed by atoms with van der Waals surface area (Å²) in [6.45, 7) is 0.741. The molecule has 4 rings (SSSR count). The molecule has 0 saturated carbocycles. The maximum absolute atomic E-state index is 13.1. The Labute approximate surface area is 182 Å². The Hall–Kier alpha value is -3.41. The summed E-state index contributed by atoms with van der Waals surface area (Å²) in [5.74, 6) is -0.448. The topological polar surface area (TPSA) is 92.5 Å². The van der Waals surface area contributed by atoms with E-state index < -0.39 is 5.91 Å². The lowest BCUT2D eigenvalue weighted by Crippen LogP contribution is -2.35. The fourth-order valence-corrected chi connectivity index (χ4v) is 4.34. The quantitative estimate of drug-likeness (QED) is 0.761. The molecule has 0 spiro atoms. The van der Waals surface area contributed by atoms with Crippen molar-refractivity contribution in [2.75, 3.05) is 16.8 Å². The van der Waals surface area contributed by atoms with E-state index >= 15 is 0 Å². The van der Waals surface area contributed by atoms with E-state index in [1.54, 1.807) is 18.2 Å². The van der Waals surface area contributed by atoms with E-state index in [1.165, 1.54) is 0 Å². The lowest BCUT2D eigenvalue weighted by Gasteiger charge is -2.27. The molecule has 0 bridgehead atoms. The minimum absolute atomic E-state index is 0.124. The standard InChI is InChI=1S/C25H27N3O3/c26-24(30)18-7-5-6-17(16-18)21-8-1-2-9-22(21)25(31)27-19-11-13-20(14-12-19)28-15-4-3-10-23(28)29/h5-7,11-14,16H,1-4,8-10,15H2,(H2,26,30)(H,27,31). The van der Waals surface area contributed by atoms with Crippen LogP contribution in [0.5, 0.6) is 0 Å². The molecule has 31 heavy (non-hydrogen) atoms. The summed E-state index contributed by atoms with van der Waals surface area (Å²) >= 11 is 0. The molecule has 6 nitrogen and oxygen atoms in total. The second-order valence-electron chi connectivity index (χ2n) is 8.11. The number of nitrogens with zero attached hydrogens (tertiary/aromatic N) is 1. The van der Waals surface area contributed by atoms with Gasteiger partial charge in [-0.05, 0) is 86.1 Å². The number of piperidine rings is 1. The Bertz CT molecular complexity index is 1040. The van der Waals surface area contributed by atoms with Gasteiger partial charge in [0.05, 0.1) is 0 Å². The maximum Gasteiger partial charge on any atom is 0.251 e. The molecule has 2 aliphatic rings. The minimum atomic E-state index is -0.475. The zero-order valence-corrected chi connectivity index (χ0v) is 17.5. The van der Waals surface area contributed by atoms with Gasteiger partial charge in [0.25, 0.3) is 5.91 Å². The van der Waals surface area contributed by atoms with Crippen molar-refractivity contribution >= 4 is 34.7 Å². The van der Waals surface area contributed by atoms with Crippen LogP contribution in [0.4, 0.5) is 11.4 Å². The van der Waals surface area contributed by atoms with Crippen LogP contribution in [-0.2, 0) is 9.59 Å². The lowest BCUT2D eigenvalue weighted by atomic mass is 9.86. The number of primary amides is 1. The molecule has 1 heterocycles. The molecule has 0 unspecified atom stereocenters. The van der Waals surface area contributed by atoms with Gasteiger partial charge in [0, 0.05) is 35.5 Å². The summed E-state index contributed by atoms with van der Waals surface area (Å²) in [6.07, 6.45) is 6.00. The van der Waals surface area contributed by atoms with Crippen molar-refractivity contribution in [3.05, 3.63) is 65.2 Å². The highest BCUT2D eigenvalue weighted by atomic mass is 16.2. The smallest absolute Gasteiger partial charge is 0.251 e. The number of hydrogen-bond donors (Lipinski definition) is 2. The van der Waals surface area contributed by atoms with Gasteiger partial charge in [-0.25, -0.2) is 0 Å². The largest absolute Gasteiger partial charge is 0.366 e. The molecular weight excluding hydrogens is 390 g/mol. The minimum Gasteiger partial charge on any atom is -0.366 e. The molecule has 1 saturated heterocycles. The van der Waals surface area contributed by atoms with Crippen molar-refractivity contribution in [3.8, 4) is 0 Å². The van der Waals surface area contributed by atoms with Crippen LogP contribution in [-0.4, -0.2) is 24.3 Å². The van der Waals surface area contributed by atoms with E-state index in [-0.39, 0.29) is 11.8 Å². The summed E-state index contributed by atoms with van der Waals surface area (Å²) in [5, 5.41) is 3.00. The Morgan fingerprint density at radius 1 is 0.903 bits per heavy atom. The molecule has 0 aromatic heterocycles. The van der Waals surface area contributed by atoms with Gasteiger partial charge in [0.1, 0.15) is 0 Å². The Morgan fingerprint density at radius 2 is 1.65 bits per heavy atom. The van der Waals surface area contributed by atoms with Crippen molar-refractivity contribution < 1.29 is 14.4 Å². The Balaban J connectivity index is 1.54. The van der Waals surface area contributed by atoms with E-state index in [9.17, 15) is 14.4 Å². The predicted molar refractivity (Wildman–Crippen MR) is 122 cm³/mol. The van der Waals surface area contributed by atoms with Crippen LogP contribution in [0.2, 0.25) is 0 Å². The van der Waals surface area contributed by atoms with Gasteiger partial charge in [0.15, 0.2) is 0 Å². The molecule has 3 amide bonds. The van der Waals surface area contributed by atoms with E-state index in [4.69, 9.17) is 5.73 Å². The molecular formula is C25H27N3O3. The number of nitrogens with two attached hydrogens (primary N) is 1. The third-order valence-electron chi connectivity index (χ3n) is 6.00. The number of amides is 3. The molecule has 1 fully saturated rings. The second kappa shape index (κ2) is 9.16. The molecule has 3 N–H and O–H groups in total. The Kier molecular flexibility index (Phi) is 6.16. The van der Waals surface area contributed by atoms with Gasteiger partial charge < -0.3 is 16.0 Å². The molecule has 160 valence electrons. The third kappa shape index (κ3) is 4.68. The molecule has 1 aliphatic heterocycles. The molecule has 0 atom stereocenters. The SMILES string of the molecule is NC(=O)c1cccc(C2=C(C(=O)Nc3ccc(N4CCCCC4=O)cc3)CCCC2)c1. The van der Waals surface area contributed by atoms with Crippen LogP contribution in [0, 0.1) is 0 Å². The molecule has 6 heteroatoms. The van der Waals surface area contributed by atoms with Gasteiger partial charge in [-0.1, -0.05) is 12.1 Å². The highest BCUT2D eigenvalue weighted by Crippen LogP contribution is 2.33. The van der Waals surface area contributed by atoms with Gasteiger partial charge in [0.2, 0.25) is 11.8 Å². The zero-order chi connectivity index (χ0) is 21.8. The number of anilines is 2. The highest BCUT2D eigenvalue weighted by Gasteiger charge is 2.22.